The predicted octanol–water partition coefficient (Wildman–Crippen LogP) is 1.68. The number of aromatic nitrogens is 1. The molecular formula is C20H31IN6O2. The van der Waals surface area contributed by atoms with E-state index in [4.69, 9.17) is 0 Å². The number of piperidine rings is 2. The van der Waals surface area contributed by atoms with Crippen LogP contribution in [0.3, 0.4) is 0 Å². The number of hydrogen-bond donors (Lipinski definition) is 2. The third-order valence-electron chi connectivity index (χ3n) is 5.29. The quantitative estimate of drug-likeness (QED) is 0.269. The SMILES string of the molecule is CN=C(NCCN1C(=O)CCCC1=O)NC1CCN(c2ccc(C)cn2)CC1.I. The van der Waals surface area contributed by atoms with Crippen LogP contribution in [-0.4, -0.2) is 66.9 Å². The van der Waals surface area contributed by atoms with E-state index < -0.39 is 0 Å². The second kappa shape index (κ2) is 11.3. The normalized spacial score (nSPS) is 18.5. The number of halogens is 1. The second-order valence-electron chi connectivity index (χ2n) is 7.39. The van der Waals surface area contributed by atoms with Gasteiger partial charge in [-0.25, -0.2) is 4.98 Å². The summed E-state index contributed by atoms with van der Waals surface area (Å²) < 4.78 is 0. The van der Waals surface area contributed by atoms with Gasteiger partial charge in [0, 0.05) is 58.3 Å². The highest BCUT2D eigenvalue weighted by Crippen LogP contribution is 2.18. The van der Waals surface area contributed by atoms with Gasteiger partial charge in [0.05, 0.1) is 0 Å². The molecule has 2 saturated heterocycles. The Labute approximate surface area is 189 Å². The molecule has 29 heavy (non-hydrogen) atoms. The summed E-state index contributed by atoms with van der Waals surface area (Å²) in [6, 6.07) is 4.51. The summed E-state index contributed by atoms with van der Waals surface area (Å²) in [5.74, 6) is 1.60. The first-order valence-electron chi connectivity index (χ1n) is 10.0. The van der Waals surface area contributed by atoms with E-state index in [0.29, 0.717) is 44.4 Å². The van der Waals surface area contributed by atoms with E-state index in [2.05, 4.69) is 37.6 Å². The zero-order chi connectivity index (χ0) is 19.9. The van der Waals surface area contributed by atoms with Crippen molar-refractivity contribution in [3.63, 3.8) is 0 Å². The number of rotatable bonds is 5. The van der Waals surface area contributed by atoms with E-state index in [1.165, 1.54) is 10.5 Å². The third kappa shape index (κ3) is 6.55. The lowest BCUT2D eigenvalue weighted by Crippen LogP contribution is -2.51. The van der Waals surface area contributed by atoms with Crippen molar-refractivity contribution in [2.24, 2.45) is 4.99 Å². The van der Waals surface area contributed by atoms with Gasteiger partial charge in [0.15, 0.2) is 5.96 Å². The van der Waals surface area contributed by atoms with Crippen LogP contribution in [0.5, 0.6) is 0 Å². The molecule has 9 heteroatoms. The van der Waals surface area contributed by atoms with Gasteiger partial charge < -0.3 is 15.5 Å². The number of likely N-dealkylation sites (tertiary alicyclic amines) is 1. The summed E-state index contributed by atoms with van der Waals surface area (Å²) in [7, 11) is 1.73. The van der Waals surface area contributed by atoms with Crippen LogP contribution >= 0.6 is 24.0 Å². The van der Waals surface area contributed by atoms with Crippen LogP contribution in [0.2, 0.25) is 0 Å². The average Bonchev–Trinajstić information content (AvgIpc) is 2.70. The Balaban J connectivity index is 0.00000300. The van der Waals surface area contributed by atoms with E-state index in [0.717, 1.165) is 31.7 Å². The minimum atomic E-state index is -0.0712. The average molecular weight is 514 g/mol. The molecule has 0 aliphatic carbocycles. The van der Waals surface area contributed by atoms with Crippen LogP contribution in [0.1, 0.15) is 37.7 Å². The predicted molar refractivity (Wildman–Crippen MR) is 125 cm³/mol. The first-order valence-corrected chi connectivity index (χ1v) is 10.0. The Bertz CT molecular complexity index is 700. The number of imide groups is 1. The van der Waals surface area contributed by atoms with E-state index in [-0.39, 0.29) is 35.8 Å². The van der Waals surface area contributed by atoms with Crippen LogP contribution < -0.4 is 15.5 Å². The Kier molecular flexibility index (Phi) is 9.12. The second-order valence-corrected chi connectivity index (χ2v) is 7.39. The van der Waals surface area contributed by atoms with Gasteiger partial charge in [0.25, 0.3) is 0 Å². The van der Waals surface area contributed by atoms with Crippen molar-refractivity contribution in [3.05, 3.63) is 23.9 Å². The Hall–Kier alpha value is -1.91. The van der Waals surface area contributed by atoms with E-state index in [1.807, 2.05) is 13.1 Å². The van der Waals surface area contributed by atoms with Gasteiger partial charge in [-0.2, -0.15) is 0 Å². The maximum Gasteiger partial charge on any atom is 0.229 e. The minimum absolute atomic E-state index is 0. The Morgan fingerprint density at radius 1 is 1.21 bits per heavy atom. The lowest BCUT2D eigenvalue weighted by molar-refractivity contribution is -0.147. The first kappa shape index (κ1) is 23.4. The van der Waals surface area contributed by atoms with Crippen molar-refractivity contribution in [3.8, 4) is 0 Å². The molecular weight excluding hydrogens is 483 g/mol. The zero-order valence-electron chi connectivity index (χ0n) is 17.2. The van der Waals surface area contributed by atoms with Crippen molar-refractivity contribution in [2.45, 2.75) is 45.1 Å². The van der Waals surface area contributed by atoms with Gasteiger partial charge >= 0.3 is 0 Å². The number of anilines is 1. The van der Waals surface area contributed by atoms with E-state index in [9.17, 15) is 9.59 Å². The molecule has 1 aromatic rings. The topological polar surface area (TPSA) is 89.9 Å². The smallest absolute Gasteiger partial charge is 0.229 e. The number of amides is 2. The van der Waals surface area contributed by atoms with Crippen molar-refractivity contribution < 1.29 is 9.59 Å². The molecule has 2 aliphatic heterocycles. The van der Waals surface area contributed by atoms with Crippen molar-refractivity contribution in [1.82, 2.24) is 20.5 Å². The van der Waals surface area contributed by atoms with E-state index >= 15 is 0 Å². The van der Waals surface area contributed by atoms with Crippen molar-refractivity contribution in [2.75, 3.05) is 38.1 Å². The molecule has 0 spiro atoms. The minimum Gasteiger partial charge on any atom is -0.356 e. The summed E-state index contributed by atoms with van der Waals surface area (Å²) in [6.07, 6.45) is 5.50. The molecule has 160 valence electrons. The fourth-order valence-corrected chi connectivity index (χ4v) is 3.62. The number of carbonyl (C=O) groups excluding carboxylic acids is 2. The fourth-order valence-electron chi connectivity index (χ4n) is 3.62. The lowest BCUT2D eigenvalue weighted by atomic mass is 10.1. The molecule has 3 rings (SSSR count). The number of nitrogens with zero attached hydrogens (tertiary/aromatic N) is 4. The zero-order valence-corrected chi connectivity index (χ0v) is 19.5. The van der Waals surface area contributed by atoms with Gasteiger partial charge in [-0.3, -0.25) is 19.5 Å². The molecule has 2 aliphatic rings. The maximum atomic E-state index is 11.9. The van der Waals surface area contributed by atoms with Gasteiger partial charge in [0.2, 0.25) is 11.8 Å². The fraction of sp³-hybridized carbons (Fsp3) is 0.600. The highest BCUT2D eigenvalue weighted by molar-refractivity contribution is 14.0. The highest BCUT2D eigenvalue weighted by Gasteiger charge is 2.25. The van der Waals surface area contributed by atoms with Gasteiger partial charge in [-0.15, -0.1) is 24.0 Å². The number of aryl methyl sites for hydroxylation is 1. The van der Waals surface area contributed by atoms with E-state index in [1.54, 1.807) is 7.05 Å². The van der Waals surface area contributed by atoms with Crippen LogP contribution in [-0.2, 0) is 9.59 Å². The standard InChI is InChI=1S/C20H30N6O2.HI/c1-15-6-7-17(23-14-15)25-11-8-16(9-12-25)24-20(21-2)22-10-13-26-18(27)4-3-5-19(26)28;/h6-7,14,16H,3-5,8-13H2,1-2H3,(H2,21,22,24);1H. The number of pyridine rings is 1. The summed E-state index contributed by atoms with van der Waals surface area (Å²) >= 11 is 0. The Morgan fingerprint density at radius 2 is 1.90 bits per heavy atom. The number of nitrogens with one attached hydrogen (secondary N) is 2. The Morgan fingerprint density at radius 3 is 2.48 bits per heavy atom. The maximum absolute atomic E-state index is 11.9. The van der Waals surface area contributed by atoms with Gasteiger partial charge in [-0.1, -0.05) is 6.07 Å². The molecule has 0 atom stereocenters. The molecule has 1 aromatic heterocycles. The summed E-state index contributed by atoms with van der Waals surface area (Å²) in [5.41, 5.74) is 1.17. The van der Waals surface area contributed by atoms with Crippen molar-refractivity contribution in [1.29, 1.82) is 0 Å². The molecule has 2 amide bonds. The van der Waals surface area contributed by atoms with Crippen molar-refractivity contribution >= 4 is 47.6 Å². The molecule has 0 bridgehead atoms. The molecule has 8 nitrogen and oxygen atoms in total. The van der Waals surface area contributed by atoms with Crippen LogP contribution in [0.4, 0.5) is 5.82 Å². The molecule has 2 fully saturated rings. The third-order valence-corrected chi connectivity index (χ3v) is 5.29. The first-order chi connectivity index (χ1) is 13.6. The molecule has 2 N–H and O–H groups in total. The number of hydrogen-bond acceptors (Lipinski definition) is 5. The van der Waals surface area contributed by atoms with Crippen LogP contribution in [0.15, 0.2) is 23.3 Å². The van der Waals surface area contributed by atoms with Crippen LogP contribution in [0.25, 0.3) is 0 Å². The molecule has 0 saturated carbocycles. The van der Waals surface area contributed by atoms with Gasteiger partial charge in [0.1, 0.15) is 5.82 Å². The molecule has 0 unspecified atom stereocenters. The summed E-state index contributed by atoms with van der Waals surface area (Å²) in [4.78, 5) is 36.2. The summed E-state index contributed by atoms with van der Waals surface area (Å²) in [6.45, 7) is 4.82. The molecule has 3 heterocycles. The number of aliphatic imine (C=N–C) groups is 1. The highest BCUT2D eigenvalue weighted by atomic mass is 127. The van der Waals surface area contributed by atoms with Crippen LogP contribution in [0, 0.1) is 6.92 Å². The number of guanidine groups is 1. The molecule has 0 radical (unpaired) electrons. The largest absolute Gasteiger partial charge is 0.356 e. The monoisotopic (exact) mass is 514 g/mol. The summed E-state index contributed by atoms with van der Waals surface area (Å²) in [5, 5.41) is 6.67. The molecule has 0 aromatic carbocycles. The lowest BCUT2D eigenvalue weighted by Gasteiger charge is -2.34. The van der Waals surface area contributed by atoms with Gasteiger partial charge in [-0.05, 0) is 37.8 Å². The number of carbonyl (C=O) groups is 2.